The molecule has 6 nitrogen and oxygen atoms in total. The van der Waals surface area contributed by atoms with E-state index in [0.717, 1.165) is 42.6 Å². The number of aliphatic hydroxyl groups is 1. The summed E-state index contributed by atoms with van der Waals surface area (Å²) in [6, 6.07) is 11.8. The fourth-order valence-corrected chi connectivity index (χ4v) is 7.75. The molecule has 6 rings (SSSR count). The topological polar surface area (TPSA) is 73.2 Å². The molecule has 1 saturated carbocycles. The van der Waals surface area contributed by atoms with Crippen molar-refractivity contribution in [2.24, 2.45) is 0 Å². The number of rotatable bonds is 6. The number of amides is 1. The fourth-order valence-electron chi connectivity index (χ4n) is 7.75. The summed E-state index contributed by atoms with van der Waals surface area (Å²) in [5.74, 6) is 0.723. The third-order valence-electron chi connectivity index (χ3n) is 9.54. The van der Waals surface area contributed by atoms with Gasteiger partial charge in [-0.1, -0.05) is 42.0 Å². The van der Waals surface area contributed by atoms with Gasteiger partial charge in [0.2, 0.25) is 5.91 Å². The third kappa shape index (κ3) is 3.13. The molecular weight excluding hydrogens is 452 g/mol. The maximum atomic E-state index is 13.4. The Bertz CT molecular complexity index is 1210. The van der Waals surface area contributed by atoms with Gasteiger partial charge in [-0.05, 0) is 62.8 Å². The Labute approximate surface area is 213 Å². The molecule has 1 amide bonds. The number of carbonyl (C=O) groups excluding carboxylic acids is 1. The van der Waals surface area contributed by atoms with E-state index in [0.29, 0.717) is 31.4 Å². The van der Waals surface area contributed by atoms with Crippen LogP contribution in [0.5, 0.6) is 11.5 Å². The standard InChI is InChI=1S/C30H36N2O4/c1-4-16-32-17-15-29-26-21-10-11-23(33)27(26)36-28(29)22(13-14-30(29,35)24(32)18-21)31(3)25(34)12-9-20-7-5-19(2)6-8-20/h4-8,10-11,22,24,28,33,35H,1,9,12-18H2,2-3H3/t22?,24-,28?,29+,30-/m1/s1. The van der Waals surface area contributed by atoms with Gasteiger partial charge in [-0.3, -0.25) is 9.69 Å². The minimum Gasteiger partial charge on any atom is -0.504 e. The van der Waals surface area contributed by atoms with Crippen molar-refractivity contribution in [3.05, 3.63) is 71.3 Å². The molecule has 2 fully saturated rings. The van der Waals surface area contributed by atoms with Gasteiger partial charge in [0.25, 0.3) is 0 Å². The minimum atomic E-state index is -0.979. The quantitative estimate of drug-likeness (QED) is 0.609. The number of benzene rings is 2. The lowest BCUT2D eigenvalue weighted by Crippen LogP contribution is -2.78. The van der Waals surface area contributed by atoms with Crippen molar-refractivity contribution in [3.8, 4) is 11.5 Å². The largest absolute Gasteiger partial charge is 0.504 e. The van der Waals surface area contributed by atoms with Crippen molar-refractivity contribution in [2.75, 3.05) is 20.1 Å². The van der Waals surface area contributed by atoms with Crippen LogP contribution in [0, 0.1) is 6.92 Å². The van der Waals surface area contributed by atoms with Crippen LogP contribution in [0.3, 0.4) is 0 Å². The van der Waals surface area contributed by atoms with E-state index in [2.05, 4.69) is 42.7 Å². The molecule has 2 aliphatic carbocycles. The van der Waals surface area contributed by atoms with E-state index in [-0.39, 0.29) is 29.8 Å². The highest BCUT2D eigenvalue weighted by molar-refractivity contribution is 5.77. The van der Waals surface area contributed by atoms with E-state index >= 15 is 0 Å². The lowest BCUT2D eigenvalue weighted by atomic mass is 9.48. The van der Waals surface area contributed by atoms with Crippen molar-refractivity contribution in [2.45, 2.75) is 74.7 Å². The summed E-state index contributed by atoms with van der Waals surface area (Å²) in [5.41, 5.74) is 2.88. The first kappa shape index (κ1) is 23.6. The van der Waals surface area contributed by atoms with Gasteiger partial charge >= 0.3 is 0 Å². The summed E-state index contributed by atoms with van der Waals surface area (Å²) in [6.07, 6.45) is 5.36. The molecule has 4 aliphatic rings. The molecule has 190 valence electrons. The number of piperidine rings is 1. The van der Waals surface area contributed by atoms with Gasteiger partial charge in [-0.15, -0.1) is 6.58 Å². The van der Waals surface area contributed by atoms with Crippen LogP contribution in [0.25, 0.3) is 0 Å². The van der Waals surface area contributed by atoms with Crippen molar-refractivity contribution < 1.29 is 19.7 Å². The van der Waals surface area contributed by atoms with Crippen LogP contribution in [0.2, 0.25) is 0 Å². The van der Waals surface area contributed by atoms with Crippen molar-refractivity contribution in [3.63, 3.8) is 0 Å². The fraction of sp³-hybridized carbons (Fsp3) is 0.500. The summed E-state index contributed by atoms with van der Waals surface area (Å²) >= 11 is 0. The Morgan fingerprint density at radius 3 is 2.78 bits per heavy atom. The second-order valence-electron chi connectivity index (χ2n) is 11.2. The first-order valence-electron chi connectivity index (χ1n) is 13.2. The molecule has 2 N–H and O–H groups in total. The van der Waals surface area contributed by atoms with E-state index in [9.17, 15) is 15.0 Å². The van der Waals surface area contributed by atoms with Gasteiger partial charge < -0.3 is 19.8 Å². The van der Waals surface area contributed by atoms with E-state index in [1.54, 1.807) is 6.07 Å². The van der Waals surface area contributed by atoms with Crippen LogP contribution >= 0.6 is 0 Å². The number of aromatic hydroxyl groups is 1. The van der Waals surface area contributed by atoms with Crippen LogP contribution in [0.4, 0.5) is 0 Å². The zero-order chi connectivity index (χ0) is 25.2. The average molecular weight is 489 g/mol. The molecule has 2 unspecified atom stereocenters. The van der Waals surface area contributed by atoms with Crippen LogP contribution < -0.4 is 4.74 Å². The number of hydrogen-bond donors (Lipinski definition) is 2. The molecule has 0 radical (unpaired) electrons. The molecule has 2 heterocycles. The number of nitrogens with zero attached hydrogens (tertiary/aromatic N) is 2. The Hall–Kier alpha value is -2.83. The van der Waals surface area contributed by atoms with Crippen LogP contribution in [0.15, 0.2) is 49.1 Å². The molecule has 2 aliphatic heterocycles. The van der Waals surface area contributed by atoms with Gasteiger partial charge in [0.1, 0.15) is 6.10 Å². The van der Waals surface area contributed by atoms with Gasteiger partial charge in [-0.25, -0.2) is 0 Å². The predicted octanol–water partition coefficient (Wildman–Crippen LogP) is 3.50. The van der Waals surface area contributed by atoms with Gasteiger partial charge in [-0.2, -0.15) is 0 Å². The molecule has 1 saturated heterocycles. The number of aryl methyl sites for hydroxylation is 2. The second kappa shape index (κ2) is 8.35. The monoisotopic (exact) mass is 488 g/mol. The molecular formula is C30H36N2O4. The maximum Gasteiger partial charge on any atom is 0.223 e. The Morgan fingerprint density at radius 1 is 1.25 bits per heavy atom. The zero-order valence-electron chi connectivity index (χ0n) is 21.2. The van der Waals surface area contributed by atoms with E-state index < -0.39 is 11.0 Å². The summed E-state index contributed by atoms with van der Waals surface area (Å²) in [5, 5.41) is 23.3. The van der Waals surface area contributed by atoms with Crippen molar-refractivity contribution in [1.29, 1.82) is 0 Å². The first-order chi connectivity index (χ1) is 17.3. The average Bonchev–Trinajstić information content (AvgIpc) is 3.22. The van der Waals surface area contributed by atoms with Crippen molar-refractivity contribution in [1.82, 2.24) is 9.80 Å². The highest BCUT2D eigenvalue weighted by Gasteiger charge is 2.73. The number of ether oxygens (including phenoxy) is 1. The zero-order valence-corrected chi connectivity index (χ0v) is 21.2. The molecule has 5 atom stereocenters. The van der Waals surface area contributed by atoms with Crippen LogP contribution in [-0.2, 0) is 23.1 Å². The Kier molecular flexibility index (Phi) is 5.47. The van der Waals surface area contributed by atoms with Crippen molar-refractivity contribution >= 4 is 5.91 Å². The number of phenols is 1. The molecule has 2 aromatic rings. The molecule has 2 bridgehead atoms. The highest BCUT2D eigenvalue weighted by Crippen LogP contribution is 2.65. The Balaban J connectivity index is 1.33. The highest BCUT2D eigenvalue weighted by atomic mass is 16.5. The summed E-state index contributed by atoms with van der Waals surface area (Å²) in [4.78, 5) is 17.6. The second-order valence-corrected chi connectivity index (χ2v) is 11.2. The van der Waals surface area contributed by atoms with E-state index in [1.807, 2.05) is 24.1 Å². The predicted molar refractivity (Wildman–Crippen MR) is 138 cm³/mol. The lowest BCUT2D eigenvalue weighted by Gasteiger charge is -2.64. The third-order valence-corrected chi connectivity index (χ3v) is 9.54. The normalized spacial score (nSPS) is 31.9. The van der Waals surface area contributed by atoms with Crippen LogP contribution in [-0.4, -0.2) is 69.8 Å². The van der Waals surface area contributed by atoms with E-state index in [1.165, 1.54) is 5.56 Å². The maximum absolute atomic E-state index is 13.4. The number of carbonyl (C=O) groups is 1. The van der Waals surface area contributed by atoms with Gasteiger partial charge in [0.15, 0.2) is 11.5 Å². The molecule has 36 heavy (non-hydrogen) atoms. The number of likely N-dealkylation sites (N-methyl/N-ethyl adjacent to an activating group) is 1. The molecule has 6 heteroatoms. The first-order valence-corrected chi connectivity index (χ1v) is 13.2. The number of phenolic OH excluding ortho intramolecular Hbond substituents is 1. The Morgan fingerprint density at radius 2 is 2.03 bits per heavy atom. The van der Waals surface area contributed by atoms with Gasteiger partial charge in [0.05, 0.1) is 17.1 Å². The van der Waals surface area contributed by atoms with Gasteiger partial charge in [0, 0.05) is 31.6 Å². The summed E-state index contributed by atoms with van der Waals surface area (Å²) < 4.78 is 6.59. The molecule has 0 aromatic heterocycles. The summed E-state index contributed by atoms with van der Waals surface area (Å²) in [6.45, 7) is 7.56. The smallest absolute Gasteiger partial charge is 0.223 e. The summed E-state index contributed by atoms with van der Waals surface area (Å²) in [7, 11) is 1.88. The number of likely N-dealkylation sites (tertiary alicyclic amines) is 1. The lowest BCUT2D eigenvalue weighted by molar-refractivity contribution is -0.198. The minimum absolute atomic E-state index is 0.0400. The number of hydrogen-bond acceptors (Lipinski definition) is 5. The molecule has 1 spiro atoms. The molecule has 2 aromatic carbocycles. The van der Waals surface area contributed by atoms with E-state index in [4.69, 9.17) is 4.74 Å². The van der Waals surface area contributed by atoms with Crippen LogP contribution in [0.1, 0.15) is 47.9 Å². The SMILES string of the molecule is C=CCN1CC[C@]23c4c5ccc(O)c4OC2C(N(C)C(=O)CCc2ccc(C)cc2)CC[C@@]3(O)[C@H]1C5.